The lowest BCUT2D eigenvalue weighted by atomic mass is 9.76. The summed E-state index contributed by atoms with van der Waals surface area (Å²) in [5.74, 6) is 0.156. The second-order valence-electron chi connectivity index (χ2n) is 5.12. The average molecular weight is 280 g/mol. The molecule has 1 fully saturated rings. The molecule has 0 aromatic heterocycles. The lowest BCUT2D eigenvalue weighted by molar-refractivity contribution is -0.143. The summed E-state index contributed by atoms with van der Waals surface area (Å²) in [6.07, 6.45) is 2.94. The number of carboxylic acid groups (broad SMARTS) is 1. The van der Waals surface area contributed by atoms with Crippen LogP contribution in [0.5, 0.6) is 11.5 Å². The average Bonchev–Trinajstić information content (AvgIpc) is 2.96. The van der Waals surface area contributed by atoms with Crippen LogP contribution in [0.4, 0.5) is 0 Å². The quantitative estimate of drug-likeness (QED) is 0.863. The van der Waals surface area contributed by atoms with Gasteiger partial charge in [0.2, 0.25) is 0 Å². The third-order valence-electron chi connectivity index (χ3n) is 4.16. The number of aliphatic carboxylic acids is 1. The molecular formula is C15H20O5. The number of hydrogen-bond donors (Lipinski definition) is 2. The number of benzene rings is 1. The Labute approximate surface area is 118 Å². The zero-order valence-electron chi connectivity index (χ0n) is 11.8. The maximum Gasteiger partial charge on any atom is 0.314 e. The molecule has 2 rings (SSSR count). The van der Waals surface area contributed by atoms with Crippen LogP contribution in [0.3, 0.4) is 0 Å². The van der Waals surface area contributed by atoms with Gasteiger partial charge in [-0.2, -0.15) is 0 Å². The summed E-state index contributed by atoms with van der Waals surface area (Å²) >= 11 is 0. The van der Waals surface area contributed by atoms with Gasteiger partial charge in [0.15, 0.2) is 11.5 Å². The van der Waals surface area contributed by atoms with E-state index in [-0.39, 0.29) is 6.61 Å². The maximum atomic E-state index is 11.8. The minimum absolute atomic E-state index is 0.218. The third kappa shape index (κ3) is 2.22. The topological polar surface area (TPSA) is 76.0 Å². The molecule has 110 valence electrons. The number of rotatable bonds is 5. The van der Waals surface area contributed by atoms with Gasteiger partial charge in [-0.3, -0.25) is 4.79 Å². The summed E-state index contributed by atoms with van der Waals surface area (Å²) in [6.45, 7) is -0.218. The second kappa shape index (κ2) is 5.71. The first-order valence-corrected chi connectivity index (χ1v) is 6.68. The van der Waals surface area contributed by atoms with E-state index in [1.165, 1.54) is 14.2 Å². The lowest BCUT2D eigenvalue weighted by Crippen LogP contribution is -2.33. The minimum Gasteiger partial charge on any atom is -0.493 e. The summed E-state index contributed by atoms with van der Waals surface area (Å²) in [5.41, 5.74) is 0.312. The van der Waals surface area contributed by atoms with Crippen LogP contribution in [-0.4, -0.2) is 30.4 Å². The molecule has 0 spiro atoms. The molecule has 0 aliphatic heterocycles. The summed E-state index contributed by atoms with van der Waals surface area (Å²) in [4.78, 5) is 11.8. The normalized spacial score (nSPS) is 16.9. The molecule has 0 heterocycles. The Bertz CT molecular complexity index is 503. The fourth-order valence-electron chi connectivity index (χ4n) is 3.07. The minimum atomic E-state index is -0.919. The highest BCUT2D eigenvalue weighted by molar-refractivity contribution is 5.83. The fourth-order valence-corrected chi connectivity index (χ4v) is 3.07. The number of aliphatic hydroxyl groups is 1. The van der Waals surface area contributed by atoms with E-state index in [4.69, 9.17) is 9.47 Å². The van der Waals surface area contributed by atoms with Gasteiger partial charge in [-0.25, -0.2) is 0 Å². The molecule has 0 bridgehead atoms. The predicted octanol–water partition coefficient (Wildman–Crippen LogP) is 2.09. The van der Waals surface area contributed by atoms with Crippen LogP contribution in [0.15, 0.2) is 12.1 Å². The molecule has 0 saturated heterocycles. The zero-order valence-corrected chi connectivity index (χ0v) is 11.8. The number of carboxylic acids is 1. The molecule has 0 amide bonds. The van der Waals surface area contributed by atoms with Crippen molar-refractivity contribution in [1.29, 1.82) is 0 Å². The van der Waals surface area contributed by atoms with E-state index in [0.717, 1.165) is 12.8 Å². The van der Waals surface area contributed by atoms with Crippen LogP contribution in [0, 0.1) is 0 Å². The summed E-state index contributed by atoms with van der Waals surface area (Å²) in [6, 6.07) is 3.36. The largest absolute Gasteiger partial charge is 0.493 e. The zero-order chi connectivity index (χ0) is 14.8. The maximum absolute atomic E-state index is 11.8. The third-order valence-corrected chi connectivity index (χ3v) is 4.16. The highest BCUT2D eigenvalue weighted by Crippen LogP contribution is 2.45. The molecule has 0 radical (unpaired) electrons. The Hall–Kier alpha value is -1.75. The Balaban J connectivity index is 2.62. The van der Waals surface area contributed by atoms with Gasteiger partial charge >= 0.3 is 5.97 Å². The molecule has 0 atom stereocenters. The van der Waals surface area contributed by atoms with E-state index in [1.807, 2.05) is 0 Å². The van der Waals surface area contributed by atoms with Crippen LogP contribution < -0.4 is 9.47 Å². The highest BCUT2D eigenvalue weighted by atomic mass is 16.5. The van der Waals surface area contributed by atoms with Crippen molar-refractivity contribution in [3.63, 3.8) is 0 Å². The summed E-state index contributed by atoms with van der Waals surface area (Å²) in [7, 11) is 3.03. The highest BCUT2D eigenvalue weighted by Gasteiger charge is 2.44. The van der Waals surface area contributed by atoms with Crippen molar-refractivity contribution in [3.8, 4) is 11.5 Å². The van der Waals surface area contributed by atoms with E-state index in [2.05, 4.69) is 0 Å². The van der Waals surface area contributed by atoms with Gasteiger partial charge in [-0.1, -0.05) is 12.8 Å². The lowest BCUT2D eigenvalue weighted by Gasteiger charge is -2.27. The van der Waals surface area contributed by atoms with Crippen molar-refractivity contribution in [1.82, 2.24) is 0 Å². The standard InChI is InChI=1S/C15H20O5/c1-19-12-7-10(9-16)11(8-13(12)20-2)15(14(17)18)5-3-4-6-15/h7-8,16H,3-6,9H2,1-2H3,(H,17,18). The van der Waals surface area contributed by atoms with Gasteiger partial charge in [0.25, 0.3) is 0 Å². The summed E-state index contributed by atoms with van der Waals surface area (Å²) < 4.78 is 10.5. The predicted molar refractivity (Wildman–Crippen MR) is 73.3 cm³/mol. The molecule has 5 nitrogen and oxygen atoms in total. The Morgan fingerprint density at radius 3 is 2.20 bits per heavy atom. The van der Waals surface area contributed by atoms with Gasteiger partial charge in [-0.05, 0) is 36.1 Å². The Morgan fingerprint density at radius 1 is 1.20 bits per heavy atom. The van der Waals surface area contributed by atoms with Gasteiger partial charge < -0.3 is 19.7 Å². The van der Waals surface area contributed by atoms with Crippen LogP contribution >= 0.6 is 0 Å². The van der Waals surface area contributed by atoms with Crippen LogP contribution in [0.2, 0.25) is 0 Å². The van der Waals surface area contributed by atoms with E-state index in [9.17, 15) is 15.0 Å². The van der Waals surface area contributed by atoms with E-state index in [1.54, 1.807) is 12.1 Å². The fraction of sp³-hybridized carbons (Fsp3) is 0.533. The first-order chi connectivity index (χ1) is 9.58. The SMILES string of the molecule is COc1cc(CO)c(C2(C(=O)O)CCCC2)cc1OC. The van der Waals surface area contributed by atoms with Crippen molar-refractivity contribution >= 4 is 5.97 Å². The number of hydrogen-bond acceptors (Lipinski definition) is 4. The molecule has 1 saturated carbocycles. The smallest absolute Gasteiger partial charge is 0.314 e. The number of aliphatic hydroxyl groups excluding tert-OH is 1. The molecule has 5 heteroatoms. The monoisotopic (exact) mass is 280 g/mol. The first-order valence-electron chi connectivity index (χ1n) is 6.68. The van der Waals surface area contributed by atoms with E-state index < -0.39 is 11.4 Å². The molecule has 1 aliphatic carbocycles. The molecular weight excluding hydrogens is 260 g/mol. The van der Waals surface area contributed by atoms with Gasteiger partial charge in [0.05, 0.1) is 26.2 Å². The van der Waals surface area contributed by atoms with Crippen molar-refractivity contribution in [3.05, 3.63) is 23.3 Å². The summed E-state index contributed by atoms with van der Waals surface area (Å²) in [5, 5.41) is 19.2. The van der Waals surface area contributed by atoms with Crippen molar-refractivity contribution in [2.45, 2.75) is 37.7 Å². The van der Waals surface area contributed by atoms with Gasteiger partial charge in [-0.15, -0.1) is 0 Å². The second-order valence-corrected chi connectivity index (χ2v) is 5.12. The molecule has 0 unspecified atom stereocenters. The van der Waals surface area contributed by atoms with Crippen molar-refractivity contribution < 1.29 is 24.5 Å². The van der Waals surface area contributed by atoms with E-state index >= 15 is 0 Å². The number of ether oxygens (including phenoxy) is 2. The van der Waals surface area contributed by atoms with Gasteiger partial charge in [0, 0.05) is 0 Å². The van der Waals surface area contributed by atoms with Crippen molar-refractivity contribution in [2.75, 3.05) is 14.2 Å². The molecule has 1 aromatic carbocycles. The Morgan fingerprint density at radius 2 is 1.75 bits per heavy atom. The number of carbonyl (C=O) groups is 1. The first kappa shape index (κ1) is 14.7. The van der Waals surface area contributed by atoms with Crippen molar-refractivity contribution in [2.24, 2.45) is 0 Å². The molecule has 2 N–H and O–H groups in total. The van der Waals surface area contributed by atoms with Gasteiger partial charge in [0.1, 0.15) is 0 Å². The molecule has 1 aliphatic rings. The van der Waals surface area contributed by atoms with E-state index in [0.29, 0.717) is 35.5 Å². The molecule has 1 aromatic rings. The van der Waals surface area contributed by atoms with Crippen LogP contribution in [0.25, 0.3) is 0 Å². The molecule has 20 heavy (non-hydrogen) atoms. The number of methoxy groups -OCH3 is 2. The van der Waals surface area contributed by atoms with Crippen LogP contribution in [-0.2, 0) is 16.8 Å². The van der Waals surface area contributed by atoms with Crippen LogP contribution in [0.1, 0.15) is 36.8 Å². The Kier molecular flexibility index (Phi) is 4.18.